The summed E-state index contributed by atoms with van der Waals surface area (Å²) < 4.78 is 7.77. The van der Waals surface area contributed by atoms with E-state index in [4.69, 9.17) is 16.3 Å². The van der Waals surface area contributed by atoms with Gasteiger partial charge in [-0.3, -0.25) is 14.9 Å². The summed E-state index contributed by atoms with van der Waals surface area (Å²) in [5.41, 5.74) is 2.33. The number of hydrogen-bond donors (Lipinski definition) is 1. The first-order valence-electron chi connectivity index (χ1n) is 9.77. The van der Waals surface area contributed by atoms with Crippen molar-refractivity contribution >= 4 is 40.6 Å². The zero-order valence-corrected chi connectivity index (χ0v) is 19.4. The van der Waals surface area contributed by atoms with Crippen molar-refractivity contribution in [2.24, 2.45) is 0 Å². The highest BCUT2D eigenvalue weighted by Gasteiger charge is 2.15. The highest BCUT2D eigenvalue weighted by atomic mass is 35.5. The van der Waals surface area contributed by atoms with Gasteiger partial charge in [-0.15, -0.1) is 10.2 Å². The minimum Gasteiger partial charge on any atom is -0.486 e. The summed E-state index contributed by atoms with van der Waals surface area (Å²) in [6.45, 7) is 6.67. The Kier molecular flexibility index (Phi) is 7.70. The van der Waals surface area contributed by atoms with E-state index in [0.29, 0.717) is 29.0 Å². The van der Waals surface area contributed by atoms with E-state index in [-0.39, 0.29) is 24.0 Å². The zero-order chi connectivity index (χ0) is 23.3. The molecule has 3 aromatic rings. The Bertz CT molecular complexity index is 1110. The van der Waals surface area contributed by atoms with E-state index in [0.717, 1.165) is 16.1 Å². The predicted molar refractivity (Wildman–Crippen MR) is 123 cm³/mol. The quantitative estimate of drug-likeness (QED) is 0.269. The van der Waals surface area contributed by atoms with Crippen molar-refractivity contribution in [2.75, 3.05) is 11.1 Å². The molecule has 1 aromatic heterocycles. The Morgan fingerprint density at radius 1 is 1.22 bits per heavy atom. The van der Waals surface area contributed by atoms with Gasteiger partial charge in [0.25, 0.3) is 5.69 Å². The first kappa shape index (κ1) is 23.6. The second kappa shape index (κ2) is 10.5. The van der Waals surface area contributed by atoms with Crippen LogP contribution in [0.3, 0.4) is 0 Å². The average Bonchev–Trinajstić information content (AvgIpc) is 3.16. The van der Waals surface area contributed by atoms with E-state index in [1.165, 1.54) is 36.0 Å². The number of benzene rings is 2. The summed E-state index contributed by atoms with van der Waals surface area (Å²) in [5.74, 6) is 1.22. The molecule has 0 aliphatic carbocycles. The van der Waals surface area contributed by atoms with Crippen LogP contribution >= 0.6 is 23.4 Å². The van der Waals surface area contributed by atoms with E-state index in [9.17, 15) is 14.9 Å². The lowest BCUT2D eigenvalue weighted by Crippen LogP contribution is -2.15. The van der Waals surface area contributed by atoms with Crippen LogP contribution in [0.25, 0.3) is 0 Å². The molecule has 11 heteroatoms. The molecular weight excluding hydrogens is 454 g/mol. The maximum absolute atomic E-state index is 12.3. The number of carbonyl (C=O) groups excluding carboxylic acids is 1. The largest absolute Gasteiger partial charge is 0.486 e. The number of nitrogens with one attached hydrogen (secondary N) is 1. The third kappa shape index (κ3) is 5.77. The van der Waals surface area contributed by atoms with Crippen molar-refractivity contribution in [3.63, 3.8) is 0 Å². The smallest absolute Gasteiger partial charge is 0.269 e. The van der Waals surface area contributed by atoms with Crippen LogP contribution in [0.2, 0.25) is 5.02 Å². The van der Waals surface area contributed by atoms with Crippen LogP contribution < -0.4 is 10.1 Å². The molecule has 2 aromatic carbocycles. The summed E-state index contributed by atoms with van der Waals surface area (Å²) in [5, 5.41) is 23.1. The fourth-order valence-electron chi connectivity index (χ4n) is 2.98. The lowest BCUT2D eigenvalue weighted by Gasteiger charge is -2.11. The van der Waals surface area contributed by atoms with Crippen molar-refractivity contribution in [3.05, 3.63) is 68.5 Å². The third-order valence-corrected chi connectivity index (χ3v) is 6.14. The number of nitro benzene ring substituents is 1. The zero-order valence-electron chi connectivity index (χ0n) is 17.8. The Morgan fingerprint density at radius 2 is 1.88 bits per heavy atom. The van der Waals surface area contributed by atoms with Gasteiger partial charge in [-0.2, -0.15) is 0 Å². The van der Waals surface area contributed by atoms with E-state index < -0.39 is 4.92 Å². The van der Waals surface area contributed by atoms with Crippen LogP contribution in [0.4, 0.5) is 11.4 Å². The van der Waals surface area contributed by atoms with E-state index in [1.807, 2.05) is 37.5 Å². The number of non-ortho nitro benzene ring substituents is 1. The van der Waals surface area contributed by atoms with Crippen molar-refractivity contribution in [2.45, 2.75) is 39.1 Å². The molecule has 0 spiro atoms. The monoisotopic (exact) mass is 475 g/mol. The molecule has 0 saturated carbocycles. The number of nitrogens with zero attached hydrogens (tertiary/aromatic N) is 4. The van der Waals surface area contributed by atoms with Gasteiger partial charge in [0.15, 0.2) is 11.0 Å². The molecule has 0 atom stereocenters. The first-order valence-corrected chi connectivity index (χ1v) is 11.1. The molecule has 0 radical (unpaired) electrons. The minimum atomic E-state index is -0.490. The summed E-state index contributed by atoms with van der Waals surface area (Å²) in [4.78, 5) is 22.5. The topological polar surface area (TPSA) is 112 Å². The fraction of sp³-hybridized carbons (Fsp3) is 0.286. The van der Waals surface area contributed by atoms with Crippen molar-refractivity contribution in [1.82, 2.24) is 14.8 Å². The van der Waals surface area contributed by atoms with E-state index >= 15 is 0 Å². The molecule has 0 unspecified atom stereocenters. The van der Waals surface area contributed by atoms with E-state index in [2.05, 4.69) is 15.5 Å². The highest BCUT2D eigenvalue weighted by molar-refractivity contribution is 7.99. The molecule has 168 valence electrons. The summed E-state index contributed by atoms with van der Waals surface area (Å²) in [6.07, 6.45) is 0. The van der Waals surface area contributed by atoms with Gasteiger partial charge in [-0.05, 0) is 56.2 Å². The Hall–Kier alpha value is -3.11. The van der Waals surface area contributed by atoms with Gasteiger partial charge in [0.2, 0.25) is 5.91 Å². The number of hydrogen-bond acceptors (Lipinski definition) is 7. The summed E-state index contributed by atoms with van der Waals surface area (Å²) >= 11 is 7.46. The number of ether oxygens (including phenoxy) is 1. The fourth-order valence-corrected chi connectivity index (χ4v) is 3.91. The molecule has 0 aliphatic heterocycles. The third-order valence-electron chi connectivity index (χ3n) is 4.58. The van der Waals surface area contributed by atoms with Crippen LogP contribution in [0, 0.1) is 24.0 Å². The highest BCUT2D eigenvalue weighted by Crippen LogP contribution is 2.26. The molecule has 0 fully saturated rings. The summed E-state index contributed by atoms with van der Waals surface area (Å²) in [6, 6.07) is 9.41. The molecule has 1 amide bonds. The minimum absolute atomic E-state index is 0.0351. The standard InChI is InChI=1S/C21H22ClN5O4S/c1-4-26-18(11-31-17-9-13(2)20(22)14(3)10-17)24-25-21(26)32-12-19(28)23-15-5-7-16(8-6-15)27(29)30/h5-10H,4,11-12H2,1-3H3,(H,23,28). The van der Waals surface area contributed by atoms with Crippen LogP contribution in [-0.2, 0) is 17.9 Å². The van der Waals surface area contributed by atoms with Gasteiger partial charge in [0.05, 0.1) is 10.7 Å². The number of rotatable bonds is 9. The lowest BCUT2D eigenvalue weighted by molar-refractivity contribution is -0.384. The second-order valence-corrected chi connectivity index (χ2v) is 8.26. The molecule has 3 rings (SSSR count). The molecule has 1 N–H and O–H groups in total. The number of aryl methyl sites for hydroxylation is 2. The maximum atomic E-state index is 12.3. The molecule has 0 saturated heterocycles. The lowest BCUT2D eigenvalue weighted by atomic mass is 10.1. The first-order chi connectivity index (χ1) is 15.3. The number of aromatic nitrogens is 3. The number of amides is 1. The average molecular weight is 476 g/mol. The van der Waals surface area contributed by atoms with Gasteiger partial charge in [-0.1, -0.05) is 23.4 Å². The van der Waals surface area contributed by atoms with Crippen molar-refractivity contribution in [3.8, 4) is 5.75 Å². The molecule has 0 aliphatic rings. The summed E-state index contributed by atoms with van der Waals surface area (Å²) in [7, 11) is 0. The second-order valence-electron chi connectivity index (χ2n) is 6.94. The molecule has 32 heavy (non-hydrogen) atoms. The molecule has 1 heterocycles. The van der Waals surface area contributed by atoms with Gasteiger partial charge in [0.1, 0.15) is 12.4 Å². The van der Waals surface area contributed by atoms with Gasteiger partial charge >= 0.3 is 0 Å². The van der Waals surface area contributed by atoms with Gasteiger partial charge < -0.3 is 14.6 Å². The predicted octanol–water partition coefficient (Wildman–Crippen LogP) is 4.79. The number of anilines is 1. The number of halogens is 1. The van der Waals surface area contributed by atoms with E-state index in [1.54, 1.807) is 0 Å². The number of carbonyl (C=O) groups is 1. The number of nitro groups is 1. The number of thioether (sulfide) groups is 1. The molecule has 0 bridgehead atoms. The normalized spacial score (nSPS) is 10.8. The van der Waals surface area contributed by atoms with Crippen LogP contribution in [0.1, 0.15) is 23.9 Å². The van der Waals surface area contributed by atoms with Crippen LogP contribution in [0.15, 0.2) is 41.6 Å². The van der Waals surface area contributed by atoms with Crippen LogP contribution in [0.5, 0.6) is 5.75 Å². The molecule has 9 nitrogen and oxygen atoms in total. The van der Waals surface area contributed by atoms with Gasteiger partial charge in [-0.25, -0.2) is 0 Å². The molecular formula is C21H22ClN5O4S. The van der Waals surface area contributed by atoms with Crippen LogP contribution in [-0.4, -0.2) is 31.3 Å². The Balaban J connectivity index is 1.58. The SMILES string of the molecule is CCn1c(COc2cc(C)c(Cl)c(C)c2)nnc1SCC(=O)Nc1ccc([N+](=O)[O-])cc1. The van der Waals surface area contributed by atoms with Crippen molar-refractivity contribution < 1.29 is 14.5 Å². The Labute approximate surface area is 194 Å². The Morgan fingerprint density at radius 3 is 2.47 bits per heavy atom. The van der Waals surface area contributed by atoms with Gasteiger partial charge in [0, 0.05) is 29.4 Å². The van der Waals surface area contributed by atoms with Crippen molar-refractivity contribution in [1.29, 1.82) is 0 Å². The maximum Gasteiger partial charge on any atom is 0.269 e.